The van der Waals surface area contributed by atoms with Gasteiger partial charge in [-0.3, -0.25) is 4.79 Å². The molecule has 1 unspecified atom stereocenters. The van der Waals surface area contributed by atoms with Gasteiger partial charge in [0.1, 0.15) is 0 Å². The first-order chi connectivity index (χ1) is 8.45. The van der Waals surface area contributed by atoms with Crippen LogP contribution in [0.2, 0.25) is 0 Å². The fourth-order valence-electron chi connectivity index (χ4n) is 2.06. The van der Waals surface area contributed by atoms with E-state index in [4.69, 9.17) is 9.84 Å². The number of carbonyl (C=O) groups is 1. The smallest absolute Gasteiger partial charge is 0.303 e. The molecule has 0 spiro atoms. The van der Waals surface area contributed by atoms with E-state index in [1.165, 1.54) is 4.31 Å². The second kappa shape index (κ2) is 7.06. The highest BCUT2D eigenvalue weighted by atomic mass is 32.2. The molecule has 1 N–H and O–H groups in total. The summed E-state index contributed by atoms with van der Waals surface area (Å²) in [6, 6.07) is 0. The fraction of sp³-hybridized carbons (Fsp3) is 0.909. The number of carboxylic acids is 1. The van der Waals surface area contributed by atoms with Crippen molar-refractivity contribution in [3.05, 3.63) is 0 Å². The average molecular weight is 279 g/mol. The van der Waals surface area contributed by atoms with Crippen molar-refractivity contribution in [3.8, 4) is 0 Å². The van der Waals surface area contributed by atoms with E-state index in [9.17, 15) is 13.2 Å². The molecule has 0 amide bonds. The number of carboxylic acid groups (broad SMARTS) is 1. The van der Waals surface area contributed by atoms with Crippen LogP contribution in [0.5, 0.6) is 0 Å². The molecule has 0 aliphatic carbocycles. The Bertz CT molecular complexity index is 366. The van der Waals surface area contributed by atoms with Gasteiger partial charge in [0.15, 0.2) is 0 Å². The van der Waals surface area contributed by atoms with Crippen LogP contribution in [0.3, 0.4) is 0 Å². The van der Waals surface area contributed by atoms with Crippen LogP contribution in [0.15, 0.2) is 0 Å². The second-order valence-corrected chi connectivity index (χ2v) is 6.48. The van der Waals surface area contributed by atoms with E-state index in [2.05, 4.69) is 0 Å². The fourth-order valence-corrected chi connectivity index (χ4v) is 3.63. The van der Waals surface area contributed by atoms with Gasteiger partial charge >= 0.3 is 5.97 Å². The molecule has 1 fully saturated rings. The maximum absolute atomic E-state index is 12.0. The summed E-state index contributed by atoms with van der Waals surface area (Å²) < 4.78 is 30.9. The Morgan fingerprint density at radius 3 is 2.83 bits per heavy atom. The molecule has 7 heteroatoms. The lowest BCUT2D eigenvalue weighted by molar-refractivity contribution is -0.137. The van der Waals surface area contributed by atoms with Gasteiger partial charge in [-0.1, -0.05) is 0 Å². The van der Waals surface area contributed by atoms with Gasteiger partial charge in [-0.2, -0.15) is 4.31 Å². The monoisotopic (exact) mass is 279 g/mol. The molecule has 6 nitrogen and oxygen atoms in total. The molecule has 1 aliphatic heterocycles. The Hall–Kier alpha value is -0.660. The van der Waals surface area contributed by atoms with Gasteiger partial charge < -0.3 is 9.84 Å². The van der Waals surface area contributed by atoms with Gasteiger partial charge in [-0.25, -0.2) is 8.42 Å². The molecule has 1 atom stereocenters. The van der Waals surface area contributed by atoms with E-state index < -0.39 is 16.0 Å². The molecule has 1 saturated heterocycles. The third-order valence-electron chi connectivity index (χ3n) is 2.93. The normalized spacial score (nSPS) is 21.9. The zero-order chi connectivity index (χ0) is 13.6. The van der Waals surface area contributed by atoms with E-state index in [1.807, 2.05) is 6.92 Å². The Kier molecular flexibility index (Phi) is 6.04. The van der Waals surface area contributed by atoms with Crippen LogP contribution in [0.4, 0.5) is 0 Å². The van der Waals surface area contributed by atoms with Gasteiger partial charge in [0.2, 0.25) is 10.0 Å². The number of piperidine rings is 1. The molecule has 1 heterocycles. The van der Waals surface area contributed by atoms with Gasteiger partial charge in [-0.05, 0) is 26.2 Å². The molecule has 0 aromatic rings. The summed E-state index contributed by atoms with van der Waals surface area (Å²) >= 11 is 0. The second-order valence-electron chi connectivity index (χ2n) is 4.39. The highest BCUT2D eigenvalue weighted by Gasteiger charge is 2.28. The van der Waals surface area contributed by atoms with E-state index in [0.29, 0.717) is 19.7 Å². The quantitative estimate of drug-likeness (QED) is 0.741. The Labute approximate surface area is 108 Å². The molecule has 0 aromatic heterocycles. The standard InChI is InChI=1S/C11H21NO5S/c1-2-17-10-5-3-7-12(9-10)18(15,16)8-4-6-11(13)14/h10H,2-9H2,1H3,(H,13,14). The molecular weight excluding hydrogens is 258 g/mol. The number of hydrogen-bond acceptors (Lipinski definition) is 4. The highest BCUT2D eigenvalue weighted by Crippen LogP contribution is 2.17. The predicted molar refractivity (Wildman–Crippen MR) is 66.9 cm³/mol. The average Bonchev–Trinajstić information content (AvgIpc) is 2.29. The summed E-state index contributed by atoms with van der Waals surface area (Å²) in [5.41, 5.74) is 0. The Balaban J connectivity index is 2.48. The number of rotatable bonds is 7. The molecule has 1 rings (SSSR count). The van der Waals surface area contributed by atoms with E-state index in [1.54, 1.807) is 0 Å². The minimum atomic E-state index is -3.34. The van der Waals surface area contributed by atoms with E-state index in [-0.39, 0.29) is 24.7 Å². The third kappa shape index (κ3) is 4.91. The zero-order valence-electron chi connectivity index (χ0n) is 10.7. The lowest BCUT2D eigenvalue weighted by Crippen LogP contribution is -2.44. The van der Waals surface area contributed by atoms with Crippen LogP contribution in [0.25, 0.3) is 0 Å². The summed E-state index contributed by atoms with van der Waals surface area (Å²) in [6.07, 6.45) is 1.70. The summed E-state index contributed by atoms with van der Waals surface area (Å²) in [5, 5.41) is 8.50. The largest absolute Gasteiger partial charge is 0.481 e. The van der Waals surface area contributed by atoms with Crippen molar-refractivity contribution >= 4 is 16.0 Å². The number of ether oxygens (including phenoxy) is 1. The lowest BCUT2D eigenvalue weighted by Gasteiger charge is -2.31. The van der Waals surface area contributed by atoms with Crippen LogP contribution < -0.4 is 0 Å². The van der Waals surface area contributed by atoms with Gasteiger partial charge in [0.05, 0.1) is 11.9 Å². The molecule has 0 bridgehead atoms. The van der Waals surface area contributed by atoms with Crippen molar-refractivity contribution in [2.45, 2.75) is 38.7 Å². The van der Waals surface area contributed by atoms with Gasteiger partial charge in [0.25, 0.3) is 0 Å². The summed E-state index contributed by atoms with van der Waals surface area (Å²) in [5.74, 6) is -1.06. The van der Waals surface area contributed by atoms with Crippen LogP contribution in [0, 0.1) is 0 Å². The van der Waals surface area contributed by atoms with Crippen LogP contribution in [-0.2, 0) is 19.6 Å². The minimum absolute atomic E-state index is 0.0296. The first kappa shape index (κ1) is 15.4. The number of sulfonamides is 1. The number of aliphatic carboxylic acids is 1. The van der Waals surface area contributed by atoms with Crippen molar-refractivity contribution in [1.82, 2.24) is 4.31 Å². The topological polar surface area (TPSA) is 83.9 Å². The lowest BCUT2D eigenvalue weighted by atomic mass is 10.1. The van der Waals surface area contributed by atoms with Crippen molar-refractivity contribution in [1.29, 1.82) is 0 Å². The van der Waals surface area contributed by atoms with Gasteiger partial charge in [-0.15, -0.1) is 0 Å². The third-order valence-corrected chi connectivity index (χ3v) is 4.85. The van der Waals surface area contributed by atoms with Crippen LogP contribution >= 0.6 is 0 Å². The molecular formula is C11H21NO5S. The van der Waals surface area contributed by atoms with Crippen molar-refractivity contribution in [2.75, 3.05) is 25.4 Å². The first-order valence-electron chi connectivity index (χ1n) is 6.27. The Morgan fingerprint density at radius 2 is 2.22 bits per heavy atom. The number of hydrogen-bond donors (Lipinski definition) is 1. The Morgan fingerprint density at radius 1 is 1.50 bits per heavy atom. The van der Waals surface area contributed by atoms with Crippen molar-refractivity contribution in [2.24, 2.45) is 0 Å². The summed E-state index contributed by atoms with van der Waals surface area (Å²) in [7, 11) is -3.34. The van der Waals surface area contributed by atoms with E-state index >= 15 is 0 Å². The summed E-state index contributed by atoms with van der Waals surface area (Å²) in [6.45, 7) is 3.38. The SMILES string of the molecule is CCOC1CCCN(S(=O)(=O)CCCC(=O)O)C1. The molecule has 18 heavy (non-hydrogen) atoms. The first-order valence-corrected chi connectivity index (χ1v) is 7.88. The molecule has 0 aromatic carbocycles. The maximum atomic E-state index is 12.0. The molecule has 0 saturated carbocycles. The molecule has 106 valence electrons. The van der Waals surface area contributed by atoms with Crippen molar-refractivity contribution < 1.29 is 23.1 Å². The van der Waals surface area contributed by atoms with Crippen LogP contribution in [0.1, 0.15) is 32.6 Å². The van der Waals surface area contributed by atoms with Crippen LogP contribution in [-0.4, -0.2) is 55.4 Å². The predicted octanol–water partition coefficient (Wildman–Crippen LogP) is 0.682. The van der Waals surface area contributed by atoms with E-state index in [0.717, 1.165) is 12.8 Å². The minimum Gasteiger partial charge on any atom is -0.481 e. The highest BCUT2D eigenvalue weighted by molar-refractivity contribution is 7.89. The van der Waals surface area contributed by atoms with Crippen molar-refractivity contribution in [3.63, 3.8) is 0 Å². The number of nitrogens with zero attached hydrogens (tertiary/aromatic N) is 1. The molecule has 1 aliphatic rings. The zero-order valence-corrected chi connectivity index (χ0v) is 11.5. The molecule has 0 radical (unpaired) electrons. The summed E-state index contributed by atoms with van der Waals surface area (Å²) in [4.78, 5) is 10.4. The van der Waals surface area contributed by atoms with Gasteiger partial charge in [0, 0.05) is 26.1 Å². The maximum Gasteiger partial charge on any atom is 0.303 e.